The molecule has 0 N–H and O–H groups in total. The van der Waals surface area contributed by atoms with Gasteiger partial charge in [-0.3, -0.25) is 4.57 Å². The summed E-state index contributed by atoms with van der Waals surface area (Å²) >= 11 is 1.65. The molecule has 4 rings (SSSR count). The highest BCUT2D eigenvalue weighted by Gasteiger charge is 2.24. The van der Waals surface area contributed by atoms with Gasteiger partial charge in [-0.1, -0.05) is 36.2 Å². The van der Waals surface area contributed by atoms with Gasteiger partial charge in [-0.25, -0.2) is 0 Å². The van der Waals surface area contributed by atoms with Crippen molar-refractivity contribution in [2.45, 2.75) is 56.0 Å². The molecular formula is C21H26N4O3S. The van der Waals surface area contributed by atoms with Gasteiger partial charge in [-0.15, -0.1) is 10.2 Å². The minimum Gasteiger partial charge on any atom is -0.493 e. The van der Waals surface area contributed by atoms with Gasteiger partial charge >= 0.3 is 0 Å². The maximum Gasteiger partial charge on any atom is 0.192 e. The van der Waals surface area contributed by atoms with Crippen LogP contribution in [0.3, 0.4) is 0 Å². The van der Waals surface area contributed by atoms with Gasteiger partial charge in [-0.2, -0.15) is 0 Å². The normalized spacial score (nSPS) is 14.9. The standard InChI is InChI=1S/C21H26N4O3S/c1-14-11-16(24-28-14)13-29-21-23-22-20(25(21)17-7-5-4-6-8-17)15-9-10-18(26-2)19(12-15)27-3/h9-12,17H,4-8,13H2,1-3H3. The van der Waals surface area contributed by atoms with Crippen LogP contribution in [0, 0.1) is 6.92 Å². The van der Waals surface area contributed by atoms with Crippen molar-refractivity contribution in [1.82, 2.24) is 19.9 Å². The lowest BCUT2D eigenvalue weighted by Gasteiger charge is -2.25. The van der Waals surface area contributed by atoms with Crippen LogP contribution >= 0.6 is 11.8 Å². The first-order chi connectivity index (χ1) is 14.2. The molecule has 0 radical (unpaired) electrons. The Morgan fingerprint density at radius 2 is 1.86 bits per heavy atom. The maximum atomic E-state index is 5.49. The van der Waals surface area contributed by atoms with E-state index >= 15 is 0 Å². The van der Waals surface area contributed by atoms with Gasteiger partial charge in [0.25, 0.3) is 0 Å². The molecule has 0 atom stereocenters. The van der Waals surface area contributed by atoms with E-state index in [1.54, 1.807) is 26.0 Å². The van der Waals surface area contributed by atoms with Crippen LogP contribution in [-0.4, -0.2) is 34.1 Å². The molecule has 0 spiro atoms. The Bertz CT molecular complexity index is 963. The highest BCUT2D eigenvalue weighted by atomic mass is 32.2. The molecule has 2 aromatic heterocycles. The van der Waals surface area contributed by atoms with E-state index in [2.05, 4.69) is 19.9 Å². The molecule has 2 heterocycles. The topological polar surface area (TPSA) is 75.2 Å². The number of hydrogen-bond donors (Lipinski definition) is 0. The van der Waals surface area contributed by atoms with Crippen molar-refractivity contribution in [1.29, 1.82) is 0 Å². The van der Waals surface area contributed by atoms with Crippen LogP contribution < -0.4 is 9.47 Å². The fourth-order valence-corrected chi connectivity index (χ4v) is 4.73. The Hall–Kier alpha value is -2.48. The number of benzene rings is 1. The summed E-state index contributed by atoms with van der Waals surface area (Å²) in [6.07, 6.45) is 6.07. The van der Waals surface area contributed by atoms with Gasteiger partial charge in [0.15, 0.2) is 22.5 Å². The summed E-state index contributed by atoms with van der Waals surface area (Å²) in [4.78, 5) is 0. The number of thioether (sulfide) groups is 1. The zero-order chi connectivity index (χ0) is 20.2. The van der Waals surface area contributed by atoms with Gasteiger partial charge < -0.3 is 14.0 Å². The smallest absolute Gasteiger partial charge is 0.192 e. The number of hydrogen-bond acceptors (Lipinski definition) is 7. The van der Waals surface area contributed by atoms with Gasteiger partial charge in [0.1, 0.15) is 5.76 Å². The number of aryl methyl sites for hydroxylation is 1. The molecule has 0 aliphatic heterocycles. The van der Waals surface area contributed by atoms with Crippen molar-refractivity contribution in [3.05, 3.63) is 35.7 Å². The minimum atomic E-state index is 0.406. The summed E-state index contributed by atoms with van der Waals surface area (Å²) in [7, 11) is 3.29. The third-order valence-corrected chi connectivity index (χ3v) is 6.25. The second-order valence-electron chi connectivity index (χ2n) is 7.26. The predicted molar refractivity (Wildman–Crippen MR) is 111 cm³/mol. The van der Waals surface area contributed by atoms with E-state index < -0.39 is 0 Å². The molecule has 154 valence electrons. The Labute approximate surface area is 174 Å². The lowest BCUT2D eigenvalue weighted by Crippen LogP contribution is -2.15. The summed E-state index contributed by atoms with van der Waals surface area (Å²) < 4.78 is 18.4. The summed E-state index contributed by atoms with van der Waals surface area (Å²) in [6, 6.07) is 8.27. The van der Waals surface area contributed by atoms with Gasteiger partial charge in [0.2, 0.25) is 0 Å². The van der Waals surface area contributed by atoms with Crippen LogP contribution in [0.4, 0.5) is 0 Å². The maximum absolute atomic E-state index is 5.49. The van der Waals surface area contributed by atoms with Crippen LogP contribution in [0.15, 0.2) is 33.9 Å². The van der Waals surface area contributed by atoms with E-state index in [1.807, 2.05) is 31.2 Å². The number of nitrogens with zero attached hydrogens (tertiary/aromatic N) is 4. The van der Waals surface area contributed by atoms with Gasteiger partial charge in [0, 0.05) is 23.4 Å². The van der Waals surface area contributed by atoms with Crippen molar-refractivity contribution in [3.8, 4) is 22.9 Å². The first kappa shape index (κ1) is 19.8. The minimum absolute atomic E-state index is 0.406. The Morgan fingerprint density at radius 1 is 1.07 bits per heavy atom. The molecule has 0 bridgehead atoms. The number of aromatic nitrogens is 4. The fourth-order valence-electron chi connectivity index (χ4n) is 3.84. The van der Waals surface area contributed by atoms with E-state index in [9.17, 15) is 0 Å². The first-order valence-electron chi connectivity index (χ1n) is 9.92. The van der Waals surface area contributed by atoms with Crippen molar-refractivity contribution < 1.29 is 14.0 Å². The molecule has 8 heteroatoms. The average Bonchev–Trinajstić information content (AvgIpc) is 3.38. The molecule has 7 nitrogen and oxygen atoms in total. The van der Waals surface area contributed by atoms with E-state index in [0.29, 0.717) is 23.3 Å². The lowest BCUT2D eigenvalue weighted by atomic mass is 9.95. The zero-order valence-corrected chi connectivity index (χ0v) is 17.9. The van der Waals surface area contributed by atoms with E-state index in [0.717, 1.165) is 40.8 Å². The van der Waals surface area contributed by atoms with Crippen molar-refractivity contribution >= 4 is 11.8 Å². The fraction of sp³-hybridized carbons (Fsp3) is 0.476. The SMILES string of the molecule is COc1ccc(-c2nnc(SCc3cc(C)on3)n2C2CCCCC2)cc1OC. The number of methoxy groups -OCH3 is 2. The molecule has 1 saturated carbocycles. The molecule has 0 amide bonds. The molecule has 1 fully saturated rings. The van der Waals surface area contributed by atoms with E-state index in [-0.39, 0.29) is 0 Å². The Kier molecular flexibility index (Phi) is 6.08. The number of rotatable bonds is 7. The molecule has 3 aromatic rings. The van der Waals surface area contributed by atoms with Crippen LogP contribution in [0.2, 0.25) is 0 Å². The van der Waals surface area contributed by atoms with Crippen molar-refractivity contribution in [2.75, 3.05) is 14.2 Å². The molecular weight excluding hydrogens is 388 g/mol. The Morgan fingerprint density at radius 3 is 2.55 bits per heavy atom. The molecule has 1 aromatic carbocycles. The summed E-state index contributed by atoms with van der Waals surface area (Å²) in [5.41, 5.74) is 1.89. The second kappa shape index (κ2) is 8.90. The third-order valence-electron chi connectivity index (χ3n) is 5.27. The van der Waals surface area contributed by atoms with Gasteiger partial charge in [0.05, 0.1) is 19.9 Å². The summed E-state index contributed by atoms with van der Waals surface area (Å²) in [5, 5.41) is 14.1. The molecule has 0 saturated heterocycles. The van der Waals surface area contributed by atoms with Gasteiger partial charge in [-0.05, 0) is 38.0 Å². The lowest BCUT2D eigenvalue weighted by molar-refractivity contribution is 0.339. The third kappa shape index (κ3) is 4.27. The highest BCUT2D eigenvalue weighted by molar-refractivity contribution is 7.98. The van der Waals surface area contributed by atoms with Crippen LogP contribution in [-0.2, 0) is 5.75 Å². The largest absolute Gasteiger partial charge is 0.493 e. The van der Waals surface area contributed by atoms with Crippen molar-refractivity contribution in [3.63, 3.8) is 0 Å². The first-order valence-corrected chi connectivity index (χ1v) is 10.9. The number of ether oxygens (including phenoxy) is 2. The van der Waals surface area contributed by atoms with Crippen LogP contribution in [0.25, 0.3) is 11.4 Å². The predicted octanol–water partition coefficient (Wildman–Crippen LogP) is 5.06. The van der Waals surface area contributed by atoms with Crippen LogP contribution in [0.5, 0.6) is 11.5 Å². The zero-order valence-electron chi connectivity index (χ0n) is 17.1. The second-order valence-corrected chi connectivity index (χ2v) is 8.20. The van der Waals surface area contributed by atoms with Crippen molar-refractivity contribution in [2.24, 2.45) is 0 Å². The molecule has 29 heavy (non-hydrogen) atoms. The quantitative estimate of drug-likeness (QED) is 0.500. The van der Waals surface area contributed by atoms with E-state index in [1.165, 1.54) is 19.3 Å². The van der Waals surface area contributed by atoms with Crippen LogP contribution in [0.1, 0.15) is 49.6 Å². The van der Waals surface area contributed by atoms with E-state index in [4.69, 9.17) is 14.0 Å². The Balaban J connectivity index is 1.68. The molecule has 0 unspecified atom stereocenters. The molecule has 1 aliphatic carbocycles. The highest BCUT2D eigenvalue weighted by Crippen LogP contribution is 2.38. The monoisotopic (exact) mass is 414 g/mol. The molecule has 1 aliphatic rings. The summed E-state index contributed by atoms with van der Waals surface area (Å²) in [6.45, 7) is 1.90. The average molecular weight is 415 g/mol. The summed E-state index contributed by atoms with van der Waals surface area (Å²) in [5.74, 6) is 3.79.